The van der Waals surface area contributed by atoms with Crippen molar-refractivity contribution in [2.24, 2.45) is 0 Å². The summed E-state index contributed by atoms with van der Waals surface area (Å²) in [6.45, 7) is 1.79. The highest BCUT2D eigenvalue weighted by molar-refractivity contribution is 9.10. The van der Waals surface area contributed by atoms with Gasteiger partial charge in [-0.3, -0.25) is 4.79 Å². The fourth-order valence-corrected chi connectivity index (χ4v) is 1.72. The third kappa shape index (κ3) is 3.83. The topological polar surface area (TPSA) is 41.1 Å². The minimum Gasteiger partial charge on any atom is -0.354 e. The Hall–Kier alpha value is -1.81. The third-order valence-corrected chi connectivity index (χ3v) is 3.01. The fourth-order valence-electron chi connectivity index (χ4n) is 1.61. The van der Waals surface area contributed by atoms with Crippen LogP contribution in [-0.4, -0.2) is 10.7 Å². The molecule has 4 heteroatoms. The van der Waals surface area contributed by atoms with Crippen LogP contribution >= 0.6 is 15.9 Å². The zero-order chi connectivity index (χ0) is 13.7. The van der Waals surface area contributed by atoms with E-state index in [1.165, 1.54) is 0 Å². The lowest BCUT2D eigenvalue weighted by atomic mass is 10.2. The van der Waals surface area contributed by atoms with Gasteiger partial charge in [0.2, 0.25) is 5.91 Å². The Labute approximate surface area is 121 Å². The summed E-state index contributed by atoms with van der Waals surface area (Å²) in [4.78, 5) is 11.5. The Balaban J connectivity index is 2.19. The number of carbonyl (C=O) groups is 1. The van der Waals surface area contributed by atoms with E-state index in [0.717, 1.165) is 17.1 Å². The molecule has 0 fully saturated rings. The van der Waals surface area contributed by atoms with Gasteiger partial charge in [-0.25, -0.2) is 0 Å². The van der Waals surface area contributed by atoms with E-state index in [0.29, 0.717) is 0 Å². The Morgan fingerprint density at radius 3 is 2.21 bits per heavy atom. The molecule has 2 aromatic carbocycles. The Bertz CT molecular complexity index is 555. The highest BCUT2D eigenvalue weighted by Crippen LogP contribution is 2.25. The van der Waals surface area contributed by atoms with E-state index in [4.69, 9.17) is 0 Å². The van der Waals surface area contributed by atoms with E-state index < -0.39 is 0 Å². The van der Waals surface area contributed by atoms with E-state index in [-0.39, 0.29) is 10.7 Å². The minimum absolute atomic E-state index is 0.0673. The molecule has 0 radical (unpaired) electrons. The second-order valence-electron chi connectivity index (χ2n) is 4.14. The van der Waals surface area contributed by atoms with Gasteiger partial charge in [0, 0.05) is 5.69 Å². The van der Waals surface area contributed by atoms with Crippen LogP contribution in [0.5, 0.6) is 0 Å². The number of amides is 1. The van der Waals surface area contributed by atoms with E-state index in [1.807, 2.05) is 54.6 Å². The summed E-state index contributed by atoms with van der Waals surface area (Å²) >= 11 is 3.26. The van der Waals surface area contributed by atoms with Crippen molar-refractivity contribution in [3.05, 3.63) is 54.6 Å². The quantitative estimate of drug-likeness (QED) is 0.831. The van der Waals surface area contributed by atoms with Gasteiger partial charge in [-0.05, 0) is 31.2 Å². The molecular formula is C15H15BrN2O. The number of benzene rings is 2. The van der Waals surface area contributed by atoms with Crippen molar-refractivity contribution in [1.29, 1.82) is 0 Å². The molecule has 2 N–H and O–H groups in total. The number of halogens is 1. The summed E-state index contributed by atoms with van der Waals surface area (Å²) in [5, 5.41) is 6.17. The molecule has 2 rings (SSSR count). The molecule has 1 amide bonds. The van der Waals surface area contributed by atoms with Crippen molar-refractivity contribution in [2.75, 3.05) is 10.6 Å². The van der Waals surface area contributed by atoms with Crippen LogP contribution in [-0.2, 0) is 4.79 Å². The highest BCUT2D eigenvalue weighted by atomic mass is 79.9. The average Bonchev–Trinajstić information content (AvgIpc) is 2.42. The normalized spacial score (nSPS) is 11.7. The van der Waals surface area contributed by atoms with Crippen molar-refractivity contribution in [2.45, 2.75) is 11.8 Å². The first-order valence-corrected chi connectivity index (χ1v) is 6.94. The van der Waals surface area contributed by atoms with Crippen LogP contribution in [0.2, 0.25) is 0 Å². The lowest BCUT2D eigenvalue weighted by Crippen LogP contribution is -2.20. The lowest BCUT2D eigenvalue weighted by molar-refractivity contribution is -0.115. The Morgan fingerprint density at radius 1 is 1.00 bits per heavy atom. The lowest BCUT2D eigenvalue weighted by Gasteiger charge is -2.13. The maximum atomic E-state index is 11.7. The van der Waals surface area contributed by atoms with Gasteiger partial charge in [-0.1, -0.05) is 46.3 Å². The molecule has 1 atom stereocenters. The summed E-state index contributed by atoms with van der Waals surface area (Å²) in [5.74, 6) is -0.0673. The van der Waals surface area contributed by atoms with Crippen molar-refractivity contribution >= 4 is 38.9 Å². The van der Waals surface area contributed by atoms with Crippen LogP contribution in [0.15, 0.2) is 54.6 Å². The summed E-state index contributed by atoms with van der Waals surface area (Å²) < 4.78 is 0. The van der Waals surface area contributed by atoms with Crippen molar-refractivity contribution in [1.82, 2.24) is 0 Å². The monoisotopic (exact) mass is 318 g/mol. The van der Waals surface area contributed by atoms with Crippen molar-refractivity contribution < 1.29 is 4.79 Å². The molecule has 0 saturated carbocycles. The van der Waals surface area contributed by atoms with Gasteiger partial charge in [-0.15, -0.1) is 0 Å². The molecule has 3 nitrogen and oxygen atoms in total. The molecule has 98 valence electrons. The van der Waals surface area contributed by atoms with E-state index in [1.54, 1.807) is 6.92 Å². The van der Waals surface area contributed by atoms with Crippen molar-refractivity contribution in [3.63, 3.8) is 0 Å². The smallest absolute Gasteiger partial charge is 0.237 e. The number of nitrogens with one attached hydrogen (secondary N) is 2. The zero-order valence-corrected chi connectivity index (χ0v) is 12.1. The van der Waals surface area contributed by atoms with E-state index in [2.05, 4.69) is 26.6 Å². The average molecular weight is 319 g/mol. The minimum atomic E-state index is -0.225. The summed E-state index contributed by atoms with van der Waals surface area (Å²) in [6.07, 6.45) is 0. The molecule has 0 bridgehead atoms. The van der Waals surface area contributed by atoms with Gasteiger partial charge in [0.1, 0.15) is 0 Å². The maximum Gasteiger partial charge on any atom is 0.237 e. The standard InChI is InChI=1S/C15H15BrN2O/c1-11(16)15(19)18-14-10-6-5-9-13(14)17-12-7-3-2-4-8-12/h2-11,17H,1H3,(H,18,19). The molecule has 0 heterocycles. The van der Waals surface area contributed by atoms with Crippen molar-refractivity contribution in [3.8, 4) is 0 Å². The third-order valence-electron chi connectivity index (χ3n) is 2.60. The van der Waals surface area contributed by atoms with Crippen LogP contribution in [0, 0.1) is 0 Å². The number of carbonyl (C=O) groups excluding carboxylic acids is 1. The first kappa shape index (κ1) is 13.6. The number of alkyl halides is 1. The molecule has 0 spiro atoms. The Kier molecular flexibility index (Phi) is 4.58. The summed E-state index contributed by atoms with van der Waals surface area (Å²) in [6, 6.07) is 17.5. The second kappa shape index (κ2) is 6.38. The first-order valence-electron chi connectivity index (χ1n) is 6.03. The van der Waals surface area contributed by atoms with Crippen LogP contribution in [0.3, 0.4) is 0 Å². The van der Waals surface area contributed by atoms with Gasteiger partial charge < -0.3 is 10.6 Å². The predicted octanol–water partition coefficient (Wildman–Crippen LogP) is 4.15. The predicted molar refractivity (Wildman–Crippen MR) is 83.2 cm³/mol. The number of anilines is 3. The van der Waals surface area contributed by atoms with E-state index in [9.17, 15) is 4.79 Å². The molecular weight excluding hydrogens is 304 g/mol. The maximum absolute atomic E-state index is 11.7. The van der Waals surface area contributed by atoms with Gasteiger partial charge in [0.05, 0.1) is 16.2 Å². The fraction of sp³-hybridized carbons (Fsp3) is 0.133. The van der Waals surface area contributed by atoms with Gasteiger partial charge >= 0.3 is 0 Å². The van der Waals surface area contributed by atoms with Crippen LogP contribution in [0.1, 0.15) is 6.92 Å². The first-order chi connectivity index (χ1) is 9.16. The summed E-state index contributed by atoms with van der Waals surface area (Å²) in [5.41, 5.74) is 2.62. The molecule has 1 unspecified atom stereocenters. The molecule has 19 heavy (non-hydrogen) atoms. The van der Waals surface area contributed by atoms with Crippen LogP contribution in [0.4, 0.5) is 17.1 Å². The summed E-state index contributed by atoms with van der Waals surface area (Å²) in [7, 11) is 0. The second-order valence-corrected chi connectivity index (χ2v) is 5.52. The molecule has 0 aliphatic rings. The largest absolute Gasteiger partial charge is 0.354 e. The zero-order valence-electron chi connectivity index (χ0n) is 10.6. The van der Waals surface area contributed by atoms with E-state index >= 15 is 0 Å². The molecule has 0 saturated heterocycles. The molecule has 2 aromatic rings. The molecule has 0 aliphatic carbocycles. The number of para-hydroxylation sites is 3. The van der Waals surface area contributed by atoms with Gasteiger partial charge in [0.15, 0.2) is 0 Å². The highest BCUT2D eigenvalue weighted by Gasteiger charge is 2.10. The van der Waals surface area contributed by atoms with Gasteiger partial charge in [0.25, 0.3) is 0 Å². The Morgan fingerprint density at radius 2 is 1.58 bits per heavy atom. The number of rotatable bonds is 4. The molecule has 0 aromatic heterocycles. The van der Waals surface area contributed by atoms with Crippen LogP contribution in [0.25, 0.3) is 0 Å². The molecule has 0 aliphatic heterocycles. The number of hydrogen-bond donors (Lipinski definition) is 2. The number of hydrogen-bond acceptors (Lipinski definition) is 2. The SMILES string of the molecule is CC(Br)C(=O)Nc1ccccc1Nc1ccccc1. The van der Waals surface area contributed by atoms with Crippen LogP contribution < -0.4 is 10.6 Å². The van der Waals surface area contributed by atoms with Gasteiger partial charge in [-0.2, -0.15) is 0 Å².